The Labute approximate surface area is 155 Å². The number of ether oxygens (including phenoxy) is 1. The van der Waals surface area contributed by atoms with Crippen LogP contribution in [0.25, 0.3) is 0 Å². The summed E-state index contributed by atoms with van der Waals surface area (Å²) in [6.45, 7) is 15.3. The summed E-state index contributed by atoms with van der Waals surface area (Å²) in [5, 5.41) is 0. The molecule has 0 amide bonds. The normalized spacial score (nSPS) is 18.0. The van der Waals surface area contributed by atoms with Crippen molar-refractivity contribution in [2.45, 2.75) is 86.0 Å². The van der Waals surface area contributed by atoms with E-state index in [1.54, 1.807) is 0 Å². The van der Waals surface area contributed by atoms with E-state index in [-0.39, 0.29) is 0 Å². The van der Waals surface area contributed by atoms with Crippen molar-refractivity contribution in [2.24, 2.45) is 0 Å². The van der Waals surface area contributed by atoms with E-state index in [0.717, 1.165) is 26.3 Å². The maximum atomic E-state index is 5.56. The van der Waals surface area contributed by atoms with E-state index in [1.165, 1.54) is 57.8 Å². The molecule has 0 aromatic carbocycles. The zero-order valence-corrected chi connectivity index (χ0v) is 18.8. The standard InChI is InChI=1S/C13H27.C7H12NO.Sn/c1-4-7-10-13(11-8-5-2)12-9-6-3;1-2-3-8-4-6-9-7-5-8;/h4-12H2,1-3H3;2-3H,1,4-7H2;. The predicted molar refractivity (Wildman–Crippen MR) is 103 cm³/mol. The zero-order chi connectivity index (χ0) is 17.0. The first-order valence-corrected chi connectivity index (χ1v) is 13.0. The van der Waals surface area contributed by atoms with Crippen LogP contribution >= 0.6 is 0 Å². The molecule has 0 aliphatic carbocycles. The van der Waals surface area contributed by atoms with Crippen molar-refractivity contribution in [3.05, 3.63) is 12.7 Å². The molecule has 1 unspecified atom stereocenters. The number of hydrogen-bond acceptors (Lipinski definition) is 2. The molecular formula is C20H39NOSn. The van der Waals surface area contributed by atoms with Gasteiger partial charge in [-0.25, -0.2) is 0 Å². The fraction of sp³-hybridized carbons (Fsp3) is 0.900. The van der Waals surface area contributed by atoms with Gasteiger partial charge in [-0.3, -0.25) is 0 Å². The number of unbranched alkanes of at least 4 members (excludes halogenated alkanes) is 3. The molecule has 2 radical (unpaired) electrons. The van der Waals surface area contributed by atoms with E-state index in [0.29, 0.717) is 7.49 Å². The second kappa shape index (κ2) is 12.8. The van der Waals surface area contributed by atoms with E-state index in [1.807, 2.05) is 0 Å². The van der Waals surface area contributed by atoms with Crippen LogP contribution in [0.1, 0.15) is 78.6 Å². The van der Waals surface area contributed by atoms with Crippen molar-refractivity contribution < 1.29 is 4.74 Å². The molecule has 0 bridgehead atoms. The molecule has 0 aromatic heterocycles. The van der Waals surface area contributed by atoms with E-state index >= 15 is 0 Å². The van der Waals surface area contributed by atoms with Gasteiger partial charge in [0.15, 0.2) is 0 Å². The zero-order valence-electron chi connectivity index (χ0n) is 15.9. The Morgan fingerprint density at radius 3 is 1.87 bits per heavy atom. The SMILES string of the molecule is C=C[CH]([Sn][C](CCCC)(CCCC)CCCC)N1CCOCC1. The summed E-state index contributed by atoms with van der Waals surface area (Å²) < 4.78 is 6.96. The summed E-state index contributed by atoms with van der Waals surface area (Å²) in [5.41, 5.74) is 0. The Bertz CT molecular complexity index is 280. The molecular weight excluding hydrogens is 389 g/mol. The molecule has 1 aliphatic rings. The van der Waals surface area contributed by atoms with Crippen LogP contribution in [0.3, 0.4) is 0 Å². The second-order valence-electron chi connectivity index (χ2n) is 7.06. The first-order valence-electron chi connectivity index (χ1n) is 9.93. The summed E-state index contributed by atoms with van der Waals surface area (Å²) in [7, 11) is 0. The molecule has 0 spiro atoms. The fourth-order valence-electron chi connectivity index (χ4n) is 3.61. The maximum absolute atomic E-state index is 5.56. The number of nitrogens with zero attached hydrogens (tertiary/aromatic N) is 1. The van der Waals surface area contributed by atoms with Crippen LogP contribution in [-0.2, 0) is 4.74 Å². The van der Waals surface area contributed by atoms with Crippen LogP contribution in [0.15, 0.2) is 12.7 Å². The number of hydrogen-bond donors (Lipinski definition) is 0. The van der Waals surface area contributed by atoms with Gasteiger partial charge in [0.05, 0.1) is 0 Å². The van der Waals surface area contributed by atoms with Gasteiger partial charge in [0.25, 0.3) is 0 Å². The molecule has 23 heavy (non-hydrogen) atoms. The molecule has 3 heteroatoms. The monoisotopic (exact) mass is 429 g/mol. The molecule has 134 valence electrons. The molecule has 1 atom stereocenters. The molecule has 1 heterocycles. The van der Waals surface area contributed by atoms with E-state index in [2.05, 4.69) is 38.3 Å². The van der Waals surface area contributed by atoms with Crippen molar-refractivity contribution in [3.63, 3.8) is 0 Å². The third-order valence-corrected chi connectivity index (χ3v) is 11.6. The minimum absolute atomic E-state index is 0.562. The Morgan fingerprint density at radius 2 is 1.48 bits per heavy atom. The van der Waals surface area contributed by atoms with Gasteiger partial charge in [0, 0.05) is 0 Å². The van der Waals surface area contributed by atoms with Gasteiger partial charge in [-0.05, 0) is 0 Å². The Morgan fingerprint density at radius 1 is 1.00 bits per heavy atom. The molecule has 0 aromatic rings. The fourth-order valence-corrected chi connectivity index (χ4v) is 9.74. The Balaban J connectivity index is 2.81. The van der Waals surface area contributed by atoms with Crippen molar-refractivity contribution in [1.82, 2.24) is 4.90 Å². The number of morpholine rings is 1. The predicted octanol–water partition coefficient (Wildman–Crippen LogP) is 5.26. The van der Waals surface area contributed by atoms with Crippen LogP contribution in [0.5, 0.6) is 0 Å². The Kier molecular flexibility index (Phi) is 11.9. The Hall–Kier alpha value is 0.459. The molecule has 0 N–H and O–H groups in total. The van der Waals surface area contributed by atoms with Crippen molar-refractivity contribution in [3.8, 4) is 0 Å². The first kappa shape index (κ1) is 21.5. The van der Waals surface area contributed by atoms with E-state index in [9.17, 15) is 0 Å². The van der Waals surface area contributed by atoms with Gasteiger partial charge in [-0.2, -0.15) is 0 Å². The topological polar surface area (TPSA) is 12.5 Å². The van der Waals surface area contributed by atoms with Gasteiger partial charge < -0.3 is 0 Å². The van der Waals surface area contributed by atoms with Crippen LogP contribution in [-0.4, -0.2) is 56.4 Å². The molecule has 1 aliphatic heterocycles. The minimum atomic E-state index is -0.562. The van der Waals surface area contributed by atoms with Crippen molar-refractivity contribution in [1.29, 1.82) is 0 Å². The van der Waals surface area contributed by atoms with Crippen LogP contribution in [0.4, 0.5) is 0 Å². The van der Waals surface area contributed by atoms with Crippen LogP contribution in [0.2, 0.25) is 3.43 Å². The van der Waals surface area contributed by atoms with Gasteiger partial charge >= 0.3 is 156 Å². The van der Waals surface area contributed by atoms with Gasteiger partial charge in [0.2, 0.25) is 0 Å². The second-order valence-corrected chi connectivity index (χ2v) is 12.6. The summed E-state index contributed by atoms with van der Waals surface area (Å²) in [5.74, 6) is 0. The summed E-state index contributed by atoms with van der Waals surface area (Å²) in [6, 6.07) is 0. The summed E-state index contributed by atoms with van der Waals surface area (Å²) >= 11 is -0.562. The quantitative estimate of drug-likeness (QED) is 0.293. The third-order valence-electron chi connectivity index (χ3n) is 5.14. The molecule has 1 saturated heterocycles. The molecule has 2 nitrogen and oxygen atoms in total. The molecule has 1 fully saturated rings. The average Bonchev–Trinajstić information content (AvgIpc) is 2.61. The number of rotatable bonds is 13. The van der Waals surface area contributed by atoms with Gasteiger partial charge in [-0.1, -0.05) is 0 Å². The van der Waals surface area contributed by atoms with E-state index < -0.39 is 21.1 Å². The average molecular weight is 428 g/mol. The first-order chi connectivity index (χ1) is 11.2. The van der Waals surface area contributed by atoms with Crippen LogP contribution < -0.4 is 0 Å². The van der Waals surface area contributed by atoms with Crippen LogP contribution in [0, 0.1) is 0 Å². The summed E-state index contributed by atoms with van der Waals surface area (Å²) in [4.78, 5) is 2.68. The molecule has 0 saturated carbocycles. The van der Waals surface area contributed by atoms with Crippen molar-refractivity contribution in [2.75, 3.05) is 26.3 Å². The van der Waals surface area contributed by atoms with Gasteiger partial charge in [-0.15, -0.1) is 0 Å². The molecule has 1 rings (SSSR count). The van der Waals surface area contributed by atoms with Gasteiger partial charge in [0.1, 0.15) is 0 Å². The van der Waals surface area contributed by atoms with Crippen molar-refractivity contribution >= 4 is 21.1 Å². The third kappa shape index (κ3) is 7.92. The summed E-state index contributed by atoms with van der Waals surface area (Å²) in [6.07, 6.45) is 15.0. The van der Waals surface area contributed by atoms with E-state index in [4.69, 9.17) is 4.74 Å².